The Kier molecular flexibility index (Phi) is 5.08. The fourth-order valence-electron chi connectivity index (χ4n) is 2.00. The highest BCUT2D eigenvalue weighted by Crippen LogP contribution is 2.22. The van der Waals surface area contributed by atoms with Crippen molar-refractivity contribution in [2.45, 2.75) is 6.42 Å². The highest BCUT2D eigenvalue weighted by atomic mass is 16.3. The Hall–Kier alpha value is -2.89. The molecule has 0 radical (unpaired) electrons. The molecule has 6 heteroatoms. The zero-order chi connectivity index (χ0) is 15.9. The lowest BCUT2D eigenvalue weighted by Crippen LogP contribution is -2.30. The number of phenols is 1. The van der Waals surface area contributed by atoms with Gasteiger partial charge >= 0.3 is 6.03 Å². The molecule has 0 atom stereocenters. The summed E-state index contributed by atoms with van der Waals surface area (Å²) in [4.78, 5) is 23.2. The molecule has 6 nitrogen and oxygen atoms in total. The van der Waals surface area contributed by atoms with Crippen molar-refractivity contribution in [1.82, 2.24) is 5.32 Å². The third-order valence-corrected chi connectivity index (χ3v) is 3.13. The summed E-state index contributed by atoms with van der Waals surface area (Å²) < 4.78 is 0.700. The van der Waals surface area contributed by atoms with E-state index in [0.29, 0.717) is 29.1 Å². The number of amides is 2. The summed E-state index contributed by atoms with van der Waals surface area (Å²) >= 11 is 0. The molecule has 0 aliphatic carbocycles. The van der Waals surface area contributed by atoms with Crippen LogP contribution < -0.4 is 10.6 Å². The smallest absolute Gasteiger partial charge is 0.319 e. The van der Waals surface area contributed by atoms with E-state index in [4.69, 9.17) is 0 Å². The van der Waals surface area contributed by atoms with Crippen LogP contribution in [0.1, 0.15) is 5.56 Å². The molecule has 0 saturated carbocycles. The van der Waals surface area contributed by atoms with Crippen LogP contribution in [0.4, 0.5) is 16.2 Å². The Morgan fingerprint density at radius 2 is 1.82 bits per heavy atom. The molecule has 114 valence electrons. The first-order valence-corrected chi connectivity index (χ1v) is 6.89. The summed E-state index contributed by atoms with van der Waals surface area (Å²) in [5.74, 6) is 0.216. The number of hydrogen-bond donors (Lipinski definition) is 3. The number of nitrogens with zero attached hydrogens (tertiary/aromatic N) is 1. The number of rotatable bonds is 5. The van der Waals surface area contributed by atoms with Gasteiger partial charge in [0.15, 0.2) is 7.05 Å². The number of nitrogens with one attached hydrogen (secondary N) is 2. The van der Waals surface area contributed by atoms with Gasteiger partial charge in [-0.1, -0.05) is 24.3 Å². The van der Waals surface area contributed by atoms with Gasteiger partial charge < -0.3 is 15.7 Å². The first-order chi connectivity index (χ1) is 10.6. The molecule has 22 heavy (non-hydrogen) atoms. The van der Waals surface area contributed by atoms with Crippen LogP contribution >= 0.6 is 0 Å². The Labute approximate surface area is 128 Å². The summed E-state index contributed by atoms with van der Waals surface area (Å²) in [6.45, 7) is 0.450. The maximum atomic E-state index is 11.8. The fourth-order valence-corrected chi connectivity index (χ4v) is 2.00. The SMILES string of the molecule is C[N+](=O)c1ccccc1NC(=O)NCCc1ccc(O)cc1. The number of nitroso groups, excluding NO2 is 1. The summed E-state index contributed by atoms with van der Waals surface area (Å²) in [7, 11) is 1.38. The second-order valence-electron chi connectivity index (χ2n) is 4.81. The van der Waals surface area contributed by atoms with Crippen molar-refractivity contribution in [2.24, 2.45) is 0 Å². The van der Waals surface area contributed by atoms with Crippen LogP contribution in [0.25, 0.3) is 0 Å². The molecule has 0 spiro atoms. The van der Waals surface area contributed by atoms with Crippen LogP contribution in [0.2, 0.25) is 0 Å². The molecule has 0 aliphatic heterocycles. The highest BCUT2D eigenvalue weighted by Gasteiger charge is 2.14. The van der Waals surface area contributed by atoms with E-state index in [9.17, 15) is 14.8 Å². The Morgan fingerprint density at radius 1 is 1.14 bits per heavy atom. The van der Waals surface area contributed by atoms with Gasteiger partial charge in [0.1, 0.15) is 11.4 Å². The lowest BCUT2D eigenvalue weighted by Gasteiger charge is -2.08. The van der Waals surface area contributed by atoms with E-state index in [2.05, 4.69) is 10.6 Å². The third-order valence-electron chi connectivity index (χ3n) is 3.13. The predicted octanol–water partition coefficient (Wildman–Crippen LogP) is 2.80. The second kappa shape index (κ2) is 7.21. The van der Waals surface area contributed by atoms with E-state index in [-0.39, 0.29) is 11.8 Å². The van der Waals surface area contributed by atoms with E-state index in [1.54, 1.807) is 48.5 Å². The topological polar surface area (TPSA) is 81.4 Å². The minimum atomic E-state index is -0.368. The van der Waals surface area contributed by atoms with Crippen LogP contribution in [0, 0.1) is 4.91 Å². The van der Waals surface area contributed by atoms with Crippen molar-refractivity contribution in [1.29, 1.82) is 0 Å². The summed E-state index contributed by atoms with van der Waals surface area (Å²) in [5.41, 5.74) is 1.87. The molecule has 0 fully saturated rings. The first kappa shape index (κ1) is 15.5. The molecular weight excluding hydrogens is 282 g/mol. The van der Waals surface area contributed by atoms with Crippen LogP contribution in [0.15, 0.2) is 48.5 Å². The molecule has 2 amide bonds. The Morgan fingerprint density at radius 3 is 2.50 bits per heavy atom. The average molecular weight is 300 g/mol. The number of carbonyl (C=O) groups excluding carboxylic acids is 1. The van der Waals surface area contributed by atoms with Crippen molar-refractivity contribution in [3.8, 4) is 5.75 Å². The zero-order valence-corrected chi connectivity index (χ0v) is 12.2. The Balaban J connectivity index is 1.86. The molecule has 0 heterocycles. The molecule has 0 saturated heterocycles. The van der Waals surface area contributed by atoms with E-state index < -0.39 is 0 Å². The molecular formula is C16H18N3O3+. The maximum absolute atomic E-state index is 11.8. The number of urea groups is 1. The lowest BCUT2D eigenvalue weighted by molar-refractivity contribution is -0.427. The normalized spacial score (nSPS) is 10.0. The fraction of sp³-hybridized carbons (Fsp3) is 0.188. The van der Waals surface area contributed by atoms with Gasteiger partial charge in [0.05, 0.1) is 0 Å². The van der Waals surface area contributed by atoms with Gasteiger partial charge in [-0.15, -0.1) is 0 Å². The number of benzene rings is 2. The standard InChI is InChI=1S/C16H17N3O3/c1-19(22)15-5-3-2-4-14(15)18-16(21)17-11-10-12-6-8-13(20)9-7-12/h2-9H,10-11H2,1H3,(H2-,17,18,20,21,22)/p+1. The van der Waals surface area contributed by atoms with E-state index in [1.165, 1.54) is 7.05 Å². The third kappa shape index (κ3) is 4.31. The van der Waals surface area contributed by atoms with Gasteiger partial charge in [0, 0.05) is 22.3 Å². The van der Waals surface area contributed by atoms with Crippen molar-refractivity contribution in [3.63, 3.8) is 0 Å². The lowest BCUT2D eigenvalue weighted by atomic mass is 10.1. The van der Waals surface area contributed by atoms with Gasteiger partial charge in [0.25, 0.3) is 5.69 Å². The number of para-hydroxylation sites is 2. The monoisotopic (exact) mass is 300 g/mol. The maximum Gasteiger partial charge on any atom is 0.319 e. The van der Waals surface area contributed by atoms with E-state index >= 15 is 0 Å². The van der Waals surface area contributed by atoms with Crippen molar-refractivity contribution >= 4 is 17.4 Å². The summed E-state index contributed by atoms with van der Waals surface area (Å²) in [5, 5.41) is 14.6. The van der Waals surface area contributed by atoms with Crippen LogP contribution in [0.3, 0.4) is 0 Å². The highest BCUT2D eigenvalue weighted by molar-refractivity contribution is 5.91. The summed E-state index contributed by atoms with van der Waals surface area (Å²) in [6, 6.07) is 13.2. The second-order valence-corrected chi connectivity index (χ2v) is 4.81. The molecule has 0 aromatic heterocycles. The van der Waals surface area contributed by atoms with Gasteiger partial charge in [-0.3, -0.25) is 0 Å². The average Bonchev–Trinajstić information content (AvgIpc) is 2.49. The summed E-state index contributed by atoms with van der Waals surface area (Å²) in [6.07, 6.45) is 0.650. The number of hydrogen-bond acceptors (Lipinski definition) is 3. The van der Waals surface area contributed by atoms with Crippen LogP contribution in [-0.2, 0) is 6.42 Å². The van der Waals surface area contributed by atoms with E-state index in [0.717, 1.165) is 5.56 Å². The minimum absolute atomic E-state index is 0.216. The molecule has 2 aromatic carbocycles. The molecule has 2 aromatic rings. The van der Waals surface area contributed by atoms with Crippen molar-refractivity contribution in [2.75, 3.05) is 18.9 Å². The van der Waals surface area contributed by atoms with Crippen LogP contribution in [-0.4, -0.2) is 29.5 Å². The number of anilines is 1. The van der Waals surface area contributed by atoms with Crippen molar-refractivity contribution < 1.29 is 14.7 Å². The minimum Gasteiger partial charge on any atom is -0.508 e. The number of aromatic hydroxyl groups is 1. The van der Waals surface area contributed by atoms with Gasteiger partial charge in [-0.05, 0) is 30.2 Å². The number of phenolic OH excluding ortho intramolecular Hbond substituents is 1. The Bertz CT molecular complexity index is 669. The van der Waals surface area contributed by atoms with Gasteiger partial charge in [-0.25, -0.2) is 4.79 Å². The molecule has 0 aliphatic rings. The quantitative estimate of drug-likeness (QED) is 0.743. The molecule has 0 bridgehead atoms. The predicted molar refractivity (Wildman–Crippen MR) is 84.5 cm³/mol. The van der Waals surface area contributed by atoms with E-state index in [1.807, 2.05) is 0 Å². The zero-order valence-electron chi connectivity index (χ0n) is 12.2. The largest absolute Gasteiger partial charge is 0.508 e. The first-order valence-electron chi connectivity index (χ1n) is 6.89. The molecule has 2 rings (SSSR count). The van der Waals surface area contributed by atoms with Crippen molar-refractivity contribution in [3.05, 3.63) is 59.0 Å². The molecule has 3 N–H and O–H groups in total. The van der Waals surface area contributed by atoms with Gasteiger partial charge in [-0.2, -0.15) is 0 Å². The van der Waals surface area contributed by atoms with Crippen LogP contribution in [0.5, 0.6) is 5.75 Å². The number of carbonyl (C=O) groups is 1. The molecule has 0 unspecified atom stereocenters. The van der Waals surface area contributed by atoms with Gasteiger partial charge in [0.2, 0.25) is 0 Å².